The van der Waals surface area contributed by atoms with Crippen molar-refractivity contribution in [1.82, 2.24) is 15.1 Å². The smallest absolute Gasteiger partial charge is 0.407 e. The number of hydrogen-bond acceptors (Lipinski definition) is 4. The fourth-order valence-electron chi connectivity index (χ4n) is 4.34. The van der Waals surface area contributed by atoms with Crippen LogP contribution in [0.25, 0.3) is 0 Å². The number of alkyl carbamates (subject to hydrolysis) is 1. The molecule has 3 rings (SSSR count). The van der Waals surface area contributed by atoms with E-state index < -0.39 is 11.7 Å². The van der Waals surface area contributed by atoms with Crippen LogP contribution in [-0.2, 0) is 9.53 Å². The van der Waals surface area contributed by atoms with Crippen LogP contribution >= 0.6 is 0 Å². The standard InChI is InChI=1S/C24H36N4O4/c1-24(2,3)32-23(31)25-16-20-13-7-8-15-28(20)21(29)18-10-9-14-27(17-18)22(30)26-19-11-5-4-6-12-19/h4-6,11-12,18,20H,7-10,13-17H2,1-3H3,(H,25,31)(H,26,30). The molecule has 2 aliphatic heterocycles. The molecule has 176 valence electrons. The van der Waals surface area contributed by atoms with E-state index in [-0.39, 0.29) is 23.9 Å². The van der Waals surface area contributed by atoms with E-state index in [2.05, 4.69) is 10.6 Å². The monoisotopic (exact) mass is 444 g/mol. The van der Waals surface area contributed by atoms with Crippen molar-refractivity contribution in [3.05, 3.63) is 30.3 Å². The fraction of sp³-hybridized carbons (Fsp3) is 0.625. The molecule has 2 heterocycles. The van der Waals surface area contributed by atoms with Gasteiger partial charge < -0.3 is 25.2 Å². The van der Waals surface area contributed by atoms with Crippen molar-refractivity contribution in [2.24, 2.45) is 5.92 Å². The minimum Gasteiger partial charge on any atom is -0.444 e. The molecule has 2 fully saturated rings. The van der Waals surface area contributed by atoms with Crippen LogP contribution in [0.4, 0.5) is 15.3 Å². The van der Waals surface area contributed by atoms with Gasteiger partial charge in [0.2, 0.25) is 5.91 Å². The number of carbonyl (C=O) groups is 3. The molecule has 2 saturated heterocycles. The van der Waals surface area contributed by atoms with Crippen LogP contribution in [0.1, 0.15) is 52.9 Å². The molecule has 8 heteroatoms. The maximum Gasteiger partial charge on any atom is 0.407 e. The molecule has 0 spiro atoms. The minimum atomic E-state index is -0.558. The van der Waals surface area contributed by atoms with E-state index in [1.54, 1.807) is 4.90 Å². The van der Waals surface area contributed by atoms with Gasteiger partial charge >= 0.3 is 12.1 Å². The number of anilines is 1. The molecule has 8 nitrogen and oxygen atoms in total. The van der Waals surface area contributed by atoms with E-state index in [4.69, 9.17) is 4.74 Å². The van der Waals surface area contributed by atoms with E-state index in [1.165, 1.54) is 0 Å². The van der Waals surface area contributed by atoms with E-state index in [0.29, 0.717) is 26.2 Å². The Bertz CT molecular complexity index is 793. The lowest BCUT2D eigenvalue weighted by molar-refractivity contribution is -0.140. The number of urea groups is 1. The Morgan fingerprint density at radius 2 is 1.78 bits per heavy atom. The third kappa shape index (κ3) is 6.87. The zero-order chi connectivity index (χ0) is 23.1. The lowest BCUT2D eigenvalue weighted by atomic mass is 9.93. The maximum absolute atomic E-state index is 13.4. The number of amides is 4. The second-order valence-electron chi connectivity index (χ2n) is 9.65. The third-order valence-electron chi connectivity index (χ3n) is 5.87. The first kappa shape index (κ1) is 23.9. The van der Waals surface area contributed by atoms with Crippen molar-refractivity contribution in [3.63, 3.8) is 0 Å². The van der Waals surface area contributed by atoms with Gasteiger partial charge in [-0.15, -0.1) is 0 Å². The molecule has 1 aromatic rings. The number of benzene rings is 1. The molecule has 2 unspecified atom stereocenters. The second kappa shape index (κ2) is 10.7. The summed E-state index contributed by atoms with van der Waals surface area (Å²) in [5.74, 6) is -0.134. The summed E-state index contributed by atoms with van der Waals surface area (Å²) in [6, 6.07) is 9.13. The molecule has 0 saturated carbocycles. The summed E-state index contributed by atoms with van der Waals surface area (Å²) in [4.78, 5) is 41.8. The Morgan fingerprint density at radius 1 is 1.03 bits per heavy atom. The topological polar surface area (TPSA) is 91.0 Å². The Labute approximate surface area is 190 Å². The van der Waals surface area contributed by atoms with Crippen molar-refractivity contribution < 1.29 is 19.1 Å². The number of nitrogens with zero attached hydrogens (tertiary/aromatic N) is 2. The Hall–Kier alpha value is -2.77. The molecule has 32 heavy (non-hydrogen) atoms. The fourth-order valence-corrected chi connectivity index (χ4v) is 4.34. The summed E-state index contributed by atoms with van der Waals surface area (Å²) >= 11 is 0. The van der Waals surface area contributed by atoms with Gasteiger partial charge in [0.05, 0.1) is 5.92 Å². The Morgan fingerprint density at radius 3 is 2.50 bits per heavy atom. The number of likely N-dealkylation sites (tertiary alicyclic amines) is 2. The van der Waals surface area contributed by atoms with Crippen LogP contribution in [-0.4, -0.2) is 65.7 Å². The van der Waals surface area contributed by atoms with Gasteiger partial charge in [0.15, 0.2) is 0 Å². The van der Waals surface area contributed by atoms with Gasteiger partial charge in [-0.2, -0.15) is 0 Å². The number of piperidine rings is 2. The van der Waals surface area contributed by atoms with Crippen LogP contribution in [0.15, 0.2) is 30.3 Å². The summed E-state index contributed by atoms with van der Waals surface area (Å²) in [5.41, 5.74) is 0.188. The third-order valence-corrected chi connectivity index (χ3v) is 5.87. The van der Waals surface area contributed by atoms with E-state index >= 15 is 0 Å². The second-order valence-corrected chi connectivity index (χ2v) is 9.65. The van der Waals surface area contributed by atoms with E-state index in [0.717, 1.165) is 37.8 Å². The number of hydrogen-bond donors (Lipinski definition) is 2. The van der Waals surface area contributed by atoms with Gasteiger partial charge in [-0.1, -0.05) is 18.2 Å². The number of ether oxygens (including phenoxy) is 1. The molecule has 2 N–H and O–H groups in total. The Balaban J connectivity index is 1.56. The molecule has 0 bridgehead atoms. The first-order valence-electron chi connectivity index (χ1n) is 11.6. The van der Waals surface area contributed by atoms with Crippen LogP contribution in [0, 0.1) is 5.92 Å². The quantitative estimate of drug-likeness (QED) is 0.738. The van der Waals surface area contributed by atoms with Crippen molar-refractivity contribution in [3.8, 4) is 0 Å². The van der Waals surface area contributed by atoms with Gasteiger partial charge in [-0.3, -0.25) is 4.79 Å². The first-order valence-corrected chi connectivity index (χ1v) is 11.6. The summed E-state index contributed by atoms with van der Waals surface area (Å²) in [5, 5.41) is 5.73. The van der Waals surface area contributed by atoms with Gasteiger partial charge in [0.1, 0.15) is 5.60 Å². The van der Waals surface area contributed by atoms with Gasteiger partial charge in [0.25, 0.3) is 0 Å². The number of carbonyl (C=O) groups excluding carboxylic acids is 3. The van der Waals surface area contributed by atoms with Crippen LogP contribution in [0.5, 0.6) is 0 Å². The first-order chi connectivity index (χ1) is 15.2. The molecule has 0 radical (unpaired) electrons. The van der Waals surface area contributed by atoms with Crippen LogP contribution in [0.2, 0.25) is 0 Å². The molecule has 1 aromatic carbocycles. The van der Waals surface area contributed by atoms with Crippen molar-refractivity contribution in [1.29, 1.82) is 0 Å². The lowest BCUT2D eigenvalue weighted by Gasteiger charge is -2.40. The van der Waals surface area contributed by atoms with Crippen molar-refractivity contribution in [2.45, 2.75) is 64.5 Å². The highest BCUT2D eigenvalue weighted by atomic mass is 16.6. The molecular weight excluding hydrogens is 408 g/mol. The molecule has 0 aromatic heterocycles. The molecule has 2 aliphatic rings. The lowest BCUT2D eigenvalue weighted by Crippen LogP contribution is -2.54. The zero-order valence-corrected chi connectivity index (χ0v) is 19.4. The highest BCUT2D eigenvalue weighted by Gasteiger charge is 2.35. The highest BCUT2D eigenvalue weighted by molar-refractivity contribution is 5.90. The molecule has 2 atom stereocenters. The largest absolute Gasteiger partial charge is 0.444 e. The zero-order valence-electron chi connectivity index (χ0n) is 19.4. The van der Waals surface area contributed by atoms with Crippen molar-refractivity contribution in [2.75, 3.05) is 31.5 Å². The van der Waals surface area contributed by atoms with Crippen LogP contribution < -0.4 is 10.6 Å². The number of para-hydroxylation sites is 1. The van der Waals surface area contributed by atoms with Gasteiger partial charge in [-0.05, 0) is 65.0 Å². The molecule has 4 amide bonds. The predicted molar refractivity (Wildman–Crippen MR) is 123 cm³/mol. The van der Waals surface area contributed by atoms with E-state index in [9.17, 15) is 14.4 Å². The SMILES string of the molecule is CC(C)(C)OC(=O)NCC1CCCCN1C(=O)C1CCCN(C(=O)Nc2ccccc2)C1. The average molecular weight is 445 g/mol. The predicted octanol–water partition coefficient (Wildman–Crippen LogP) is 3.84. The van der Waals surface area contributed by atoms with Gasteiger partial charge in [0, 0.05) is 37.9 Å². The van der Waals surface area contributed by atoms with Gasteiger partial charge in [-0.25, -0.2) is 9.59 Å². The summed E-state index contributed by atoms with van der Waals surface area (Å²) in [7, 11) is 0. The number of nitrogens with one attached hydrogen (secondary N) is 2. The highest BCUT2D eigenvalue weighted by Crippen LogP contribution is 2.25. The summed E-state index contributed by atoms with van der Waals surface area (Å²) in [6.07, 6.45) is 3.95. The minimum absolute atomic E-state index is 0.0442. The summed E-state index contributed by atoms with van der Waals surface area (Å²) < 4.78 is 5.33. The molecule has 0 aliphatic carbocycles. The average Bonchev–Trinajstić information content (AvgIpc) is 2.77. The normalized spacial score (nSPS) is 21.6. The summed E-state index contributed by atoms with van der Waals surface area (Å²) in [6.45, 7) is 7.60. The molecular formula is C24H36N4O4. The Kier molecular flexibility index (Phi) is 7.99. The van der Waals surface area contributed by atoms with Crippen LogP contribution in [0.3, 0.4) is 0 Å². The van der Waals surface area contributed by atoms with E-state index in [1.807, 2.05) is 56.0 Å². The van der Waals surface area contributed by atoms with Crippen molar-refractivity contribution >= 4 is 23.7 Å². The maximum atomic E-state index is 13.4. The number of rotatable bonds is 4.